The summed E-state index contributed by atoms with van der Waals surface area (Å²) in [4.78, 5) is 0. The minimum atomic E-state index is -2.15. The third-order valence-corrected chi connectivity index (χ3v) is 2.16. The van der Waals surface area contributed by atoms with E-state index in [0.717, 1.165) is 0 Å². The van der Waals surface area contributed by atoms with Crippen LogP contribution in [0.4, 0.5) is 8.78 Å². The lowest BCUT2D eigenvalue weighted by Crippen LogP contribution is -2.18. The monoisotopic (exact) mass is 164 g/mol. The molecule has 0 radical (unpaired) electrons. The molecule has 0 bridgehead atoms. The highest BCUT2D eigenvalue weighted by Gasteiger charge is 2.21. The van der Waals surface area contributed by atoms with Crippen LogP contribution in [0.5, 0.6) is 0 Å². The number of alkyl halides is 2. The van der Waals surface area contributed by atoms with Gasteiger partial charge in [-0.15, -0.1) is 0 Å². The smallest absolute Gasteiger partial charge is 0.211 e. The Bertz CT molecular complexity index is 89.7. The maximum atomic E-state index is 12.0. The number of halogens is 2. The summed E-state index contributed by atoms with van der Waals surface area (Å²) < 4.78 is 24.0. The van der Waals surface area contributed by atoms with Crippen molar-refractivity contribution in [3.63, 3.8) is 0 Å². The summed E-state index contributed by atoms with van der Waals surface area (Å²) in [7, 11) is 0. The topological polar surface area (TPSA) is 0 Å². The number of hydrogen-bond donors (Lipinski definition) is 0. The fourth-order valence-corrected chi connectivity index (χ4v) is 1.52. The Morgan fingerprint density at radius 1 is 0.909 bits per heavy atom. The van der Waals surface area contributed by atoms with E-state index in [-0.39, 0.29) is 12.3 Å². The normalized spacial score (nSPS) is 12.5. The summed E-state index contributed by atoms with van der Waals surface area (Å²) in [5, 5.41) is 0. The predicted octanol–water partition coefficient (Wildman–Crippen LogP) is 3.57. The molecule has 2 heteroatoms. The van der Waals surface area contributed by atoms with Gasteiger partial charge >= 0.3 is 0 Å². The van der Waals surface area contributed by atoms with Crippen LogP contribution in [-0.4, -0.2) is 6.43 Å². The molecular formula is C9H18F2. The van der Waals surface area contributed by atoms with Gasteiger partial charge in [0.1, 0.15) is 0 Å². The molecular weight excluding hydrogens is 146 g/mol. The van der Waals surface area contributed by atoms with Crippen molar-refractivity contribution in [3.8, 4) is 0 Å². The SMILES string of the molecule is CC(C)C(CC(F)F)C(C)C. The van der Waals surface area contributed by atoms with E-state index >= 15 is 0 Å². The molecule has 0 N–H and O–H groups in total. The Labute approximate surface area is 68.0 Å². The summed E-state index contributed by atoms with van der Waals surface area (Å²) in [5.41, 5.74) is 0. The second kappa shape index (κ2) is 4.68. The quantitative estimate of drug-likeness (QED) is 0.596. The first-order chi connectivity index (χ1) is 4.95. The van der Waals surface area contributed by atoms with Crippen molar-refractivity contribution in [3.05, 3.63) is 0 Å². The fourth-order valence-electron chi connectivity index (χ4n) is 1.52. The summed E-state index contributed by atoms with van der Waals surface area (Å²) in [5.74, 6) is 0.892. The highest BCUT2D eigenvalue weighted by atomic mass is 19.3. The third-order valence-electron chi connectivity index (χ3n) is 2.16. The van der Waals surface area contributed by atoms with Gasteiger partial charge in [0, 0.05) is 6.42 Å². The van der Waals surface area contributed by atoms with Gasteiger partial charge in [-0.2, -0.15) is 0 Å². The van der Waals surface area contributed by atoms with Crippen LogP contribution in [0, 0.1) is 17.8 Å². The van der Waals surface area contributed by atoms with Crippen molar-refractivity contribution in [2.75, 3.05) is 0 Å². The molecule has 0 nitrogen and oxygen atoms in total. The third kappa shape index (κ3) is 4.33. The second-order valence-corrected chi connectivity index (χ2v) is 3.78. The molecule has 0 heterocycles. The van der Waals surface area contributed by atoms with Crippen LogP contribution >= 0.6 is 0 Å². The molecule has 0 fully saturated rings. The molecule has 11 heavy (non-hydrogen) atoms. The number of hydrogen-bond acceptors (Lipinski definition) is 0. The van der Waals surface area contributed by atoms with Crippen LogP contribution in [0.2, 0.25) is 0 Å². The van der Waals surface area contributed by atoms with Crippen molar-refractivity contribution < 1.29 is 8.78 Å². The maximum absolute atomic E-state index is 12.0. The molecule has 0 aliphatic heterocycles. The van der Waals surface area contributed by atoms with Crippen molar-refractivity contribution in [2.45, 2.75) is 40.5 Å². The van der Waals surface area contributed by atoms with Gasteiger partial charge in [0.25, 0.3) is 0 Å². The van der Waals surface area contributed by atoms with Crippen molar-refractivity contribution in [2.24, 2.45) is 17.8 Å². The van der Waals surface area contributed by atoms with Gasteiger partial charge in [0.15, 0.2) is 0 Å². The molecule has 0 aromatic heterocycles. The summed E-state index contributed by atoms with van der Waals surface area (Å²) in [6.45, 7) is 8.03. The Hall–Kier alpha value is -0.140. The van der Waals surface area contributed by atoms with E-state index in [1.165, 1.54) is 0 Å². The van der Waals surface area contributed by atoms with Gasteiger partial charge in [0.05, 0.1) is 0 Å². The highest BCUT2D eigenvalue weighted by Crippen LogP contribution is 2.26. The predicted molar refractivity (Wildman–Crippen MR) is 43.8 cm³/mol. The average Bonchev–Trinajstić information content (AvgIpc) is 1.81. The zero-order chi connectivity index (χ0) is 9.02. The molecule has 0 saturated heterocycles. The molecule has 0 aromatic rings. The Kier molecular flexibility index (Phi) is 4.62. The van der Waals surface area contributed by atoms with Crippen LogP contribution in [0.3, 0.4) is 0 Å². The zero-order valence-electron chi connectivity index (χ0n) is 7.77. The minimum Gasteiger partial charge on any atom is -0.211 e. The first-order valence-electron chi connectivity index (χ1n) is 4.23. The van der Waals surface area contributed by atoms with Crippen LogP contribution in [0.25, 0.3) is 0 Å². The first kappa shape index (κ1) is 10.9. The minimum absolute atomic E-state index is 0.0509. The van der Waals surface area contributed by atoms with E-state index in [1.54, 1.807) is 0 Å². The largest absolute Gasteiger partial charge is 0.238 e. The standard InChI is InChI=1S/C9H18F2/c1-6(2)8(7(3)4)5-9(10)11/h6-9H,5H2,1-4H3. The molecule has 0 amide bonds. The zero-order valence-corrected chi connectivity index (χ0v) is 7.77. The molecule has 0 aliphatic rings. The van der Waals surface area contributed by atoms with E-state index in [2.05, 4.69) is 0 Å². The Morgan fingerprint density at radius 2 is 1.27 bits per heavy atom. The molecule has 0 aromatic carbocycles. The van der Waals surface area contributed by atoms with Crippen LogP contribution < -0.4 is 0 Å². The summed E-state index contributed by atoms with van der Waals surface area (Å²) in [6.07, 6.45) is -2.10. The van der Waals surface area contributed by atoms with Gasteiger partial charge in [-0.05, 0) is 17.8 Å². The van der Waals surface area contributed by atoms with E-state index < -0.39 is 6.43 Å². The fraction of sp³-hybridized carbons (Fsp3) is 1.00. The second-order valence-electron chi connectivity index (χ2n) is 3.78. The molecule has 0 saturated carbocycles. The van der Waals surface area contributed by atoms with Crippen molar-refractivity contribution in [1.82, 2.24) is 0 Å². The lowest BCUT2D eigenvalue weighted by Gasteiger charge is -2.24. The van der Waals surface area contributed by atoms with Gasteiger partial charge in [-0.1, -0.05) is 27.7 Å². The number of rotatable bonds is 4. The van der Waals surface area contributed by atoms with Crippen LogP contribution in [0.15, 0.2) is 0 Å². The maximum Gasteiger partial charge on any atom is 0.238 e. The molecule has 0 spiro atoms. The van der Waals surface area contributed by atoms with E-state index in [9.17, 15) is 8.78 Å². The molecule has 68 valence electrons. The molecule has 0 aliphatic carbocycles. The Morgan fingerprint density at radius 3 is 1.36 bits per heavy atom. The lowest BCUT2D eigenvalue weighted by atomic mass is 9.83. The van der Waals surface area contributed by atoms with Gasteiger partial charge in [0.2, 0.25) is 6.43 Å². The van der Waals surface area contributed by atoms with E-state index in [0.29, 0.717) is 11.8 Å². The highest BCUT2D eigenvalue weighted by molar-refractivity contribution is 4.67. The van der Waals surface area contributed by atoms with Crippen LogP contribution in [-0.2, 0) is 0 Å². The molecule has 0 rings (SSSR count). The average molecular weight is 164 g/mol. The first-order valence-corrected chi connectivity index (χ1v) is 4.23. The molecule has 0 unspecified atom stereocenters. The van der Waals surface area contributed by atoms with Gasteiger partial charge in [-0.3, -0.25) is 0 Å². The van der Waals surface area contributed by atoms with Gasteiger partial charge < -0.3 is 0 Å². The Balaban J connectivity index is 3.90. The summed E-state index contributed by atoms with van der Waals surface area (Å²) in [6, 6.07) is 0. The van der Waals surface area contributed by atoms with E-state index in [4.69, 9.17) is 0 Å². The summed E-state index contributed by atoms with van der Waals surface area (Å²) >= 11 is 0. The van der Waals surface area contributed by atoms with Gasteiger partial charge in [-0.25, -0.2) is 8.78 Å². The van der Waals surface area contributed by atoms with Crippen molar-refractivity contribution >= 4 is 0 Å². The van der Waals surface area contributed by atoms with Crippen LogP contribution in [0.1, 0.15) is 34.1 Å². The van der Waals surface area contributed by atoms with E-state index in [1.807, 2.05) is 27.7 Å². The molecule has 0 atom stereocenters. The lowest BCUT2D eigenvalue weighted by molar-refractivity contribution is 0.0864. The van der Waals surface area contributed by atoms with Crippen molar-refractivity contribution in [1.29, 1.82) is 0 Å².